The molecule has 4 rings (SSSR count). The second kappa shape index (κ2) is 7.76. The molecule has 0 spiro atoms. The summed E-state index contributed by atoms with van der Waals surface area (Å²) < 4.78 is 14.4. The number of aromatic nitrogens is 2. The predicted octanol–water partition coefficient (Wildman–Crippen LogP) is 4.71. The average molecular weight is 406 g/mol. The van der Waals surface area contributed by atoms with E-state index >= 15 is 0 Å². The zero-order chi connectivity index (χ0) is 20.4. The van der Waals surface area contributed by atoms with Crippen LogP contribution < -0.4 is 10.6 Å². The summed E-state index contributed by atoms with van der Waals surface area (Å²) in [6.45, 7) is 1.35. The highest BCUT2D eigenvalue weighted by atomic mass is 32.1. The molecule has 0 saturated heterocycles. The molecule has 4 aromatic rings. The molecule has 0 aliphatic carbocycles. The van der Waals surface area contributed by atoms with Gasteiger partial charge in [-0.2, -0.15) is 0 Å². The van der Waals surface area contributed by atoms with Gasteiger partial charge in [0.15, 0.2) is 5.13 Å². The summed E-state index contributed by atoms with van der Waals surface area (Å²) in [4.78, 5) is 32.4. The standard InChI is InChI=1S/C21H15FN4O2S/c1-12(27)24-13-7-8-16(17(22)10-13)19-11-29-21(25-19)26-20(28)15-4-2-6-18-14(15)5-3-9-23-18/h2-11H,1H3,(H,24,27)(H,25,26,28). The van der Waals surface area contributed by atoms with Crippen molar-refractivity contribution >= 4 is 44.9 Å². The molecule has 29 heavy (non-hydrogen) atoms. The van der Waals surface area contributed by atoms with E-state index < -0.39 is 5.82 Å². The van der Waals surface area contributed by atoms with Crippen molar-refractivity contribution in [3.05, 3.63) is 71.5 Å². The number of nitrogens with one attached hydrogen (secondary N) is 2. The first kappa shape index (κ1) is 18.7. The number of thiazole rings is 1. The molecule has 8 heteroatoms. The molecule has 2 aromatic heterocycles. The Morgan fingerprint density at radius 1 is 1.07 bits per heavy atom. The Morgan fingerprint density at radius 2 is 1.93 bits per heavy atom. The number of anilines is 2. The largest absolute Gasteiger partial charge is 0.326 e. The van der Waals surface area contributed by atoms with Gasteiger partial charge >= 0.3 is 0 Å². The van der Waals surface area contributed by atoms with E-state index in [4.69, 9.17) is 0 Å². The molecule has 2 aromatic carbocycles. The molecular formula is C21H15FN4O2S. The van der Waals surface area contributed by atoms with E-state index in [0.29, 0.717) is 22.1 Å². The molecule has 0 unspecified atom stereocenters. The van der Waals surface area contributed by atoms with Crippen LogP contribution in [0, 0.1) is 5.82 Å². The topological polar surface area (TPSA) is 84.0 Å². The van der Waals surface area contributed by atoms with Gasteiger partial charge in [-0.1, -0.05) is 12.1 Å². The van der Waals surface area contributed by atoms with E-state index in [-0.39, 0.29) is 17.4 Å². The first-order chi connectivity index (χ1) is 14.0. The highest BCUT2D eigenvalue weighted by Crippen LogP contribution is 2.29. The zero-order valence-electron chi connectivity index (χ0n) is 15.3. The molecule has 0 radical (unpaired) electrons. The Morgan fingerprint density at radius 3 is 2.72 bits per heavy atom. The third kappa shape index (κ3) is 3.97. The van der Waals surface area contributed by atoms with Gasteiger partial charge in [0, 0.05) is 40.7 Å². The number of carbonyl (C=O) groups excluding carboxylic acids is 2. The number of amides is 2. The Labute approximate surface area is 169 Å². The van der Waals surface area contributed by atoms with E-state index in [1.54, 1.807) is 35.8 Å². The number of rotatable bonds is 4. The fourth-order valence-electron chi connectivity index (χ4n) is 2.92. The van der Waals surface area contributed by atoms with Crippen LogP contribution in [0.2, 0.25) is 0 Å². The quantitative estimate of drug-likeness (QED) is 0.514. The molecule has 0 fully saturated rings. The fourth-order valence-corrected chi connectivity index (χ4v) is 3.63. The van der Waals surface area contributed by atoms with Crippen molar-refractivity contribution in [1.29, 1.82) is 0 Å². The molecule has 0 bridgehead atoms. The van der Waals surface area contributed by atoms with Crippen LogP contribution in [0.15, 0.2) is 60.1 Å². The van der Waals surface area contributed by atoms with Crippen molar-refractivity contribution in [2.24, 2.45) is 0 Å². The first-order valence-electron chi connectivity index (χ1n) is 8.69. The van der Waals surface area contributed by atoms with Gasteiger partial charge in [0.1, 0.15) is 5.82 Å². The Hall–Kier alpha value is -3.65. The highest BCUT2D eigenvalue weighted by Gasteiger charge is 2.15. The SMILES string of the molecule is CC(=O)Nc1ccc(-c2csc(NC(=O)c3cccc4ncccc34)n2)c(F)c1. The normalized spacial score (nSPS) is 10.7. The van der Waals surface area contributed by atoms with Gasteiger partial charge in [-0.15, -0.1) is 11.3 Å². The van der Waals surface area contributed by atoms with E-state index in [9.17, 15) is 14.0 Å². The summed E-state index contributed by atoms with van der Waals surface area (Å²) in [5.41, 5.74) is 2.26. The van der Waals surface area contributed by atoms with E-state index in [1.807, 2.05) is 12.1 Å². The highest BCUT2D eigenvalue weighted by molar-refractivity contribution is 7.14. The average Bonchev–Trinajstić information content (AvgIpc) is 3.15. The lowest BCUT2D eigenvalue weighted by Crippen LogP contribution is -2.12. The lowest BCUT2D eigenvalue weighted by Gasteiger charge is -2.06. The summed E-state index contributed by atoms with van der Waals surface area (Å²) in [5, 5.41) is 8.05. The van der Waals surface area contributed by atoms with E-state index in [1.165, 1.54) is 30.4 Å². The van der Waals surface area contributed by atoms with Gasteiger partial charge in [-0.25, -0.2) is 9.37 Å². The number of hydrogen-bond donors (Lipinski definition) is 2. The molecule has 0 atom stereocenters. The summed E-state index contributed by atoms with van der Waals surface area (Å²) in [5.74, 6) is -1.11. The van der Waals surface area contributed by atoms with Crippen molar-refractivity contribution in [2.45, 2.75) is 6.92 Å². The second-order valence-electron chi connectivity index (χ2n) is 6.24. The Kier molecular flexibility index (Phi) is 5.01. The molecule has 0 aliphatic rings. The maximum absolute atomic E-state index is 14.4. The van der Waals surface area contributed by atoms with Crippen LogP contribution in [0.25, 0.3) is 22.2 Å². The van der Waals surface area contributed by atoms with E-state index in [0.717, 1.165) is 10.9 Å². The summed E-state index contributed by atoms with van der Waals surface area (Å²) in [6.07, 6.45) is 1.67. The molecule has 6 nitrogen and oxygen atoms in total. The fraction of sp³-hybridized carbons (Fsp3) is 0.0476. The number of pyridine rings is 1. The number of halogens is 1. The van der Waals surface area contributed by atoms with Gasteiger partial charge in [0.25, 0.3) is 5.91 Å². The molecule has 144 valence electrons. The summed E-state index contributed by atoms with van der Waals surface area (Å²) >= 11 is 1.20. The predicted molar refractivity (Wildman–Crippen MR) is 112 cm³/mol. The zero-order valence-corrected chi connectivity index (χ0v) is 16.1. The van der Waals surface area contributed by atoms with Gasteiger partial charge in [0.2, 0.25) is 5.91 Å². The maximum atomic E-state index is 14.4. The Balaban J connectivity index is 1.57. The number of benzene rings is 2. The summed E-state index contributed by atoms with van der Waals surface area (Å²) in [6, 6.07) is 13.3. The van der Waals surface area contributed by atoms with Crippen molar-refractivity contribution in [3.63, 3.8) is 0 Å². The number of carbonyl (C=O) groups is 2. The molecular weight excluding hydrogens is 391 g/mol. The van der Waals surface area contributed by atoms with Crippen molar-refractivity contribution in [1.82, 2.24) is 9.97 Å². The van der Waals surface area contributed by atoms with Gasteiger partial charge in [-0.3, -0.25) is 19.9 Å². The third-order valence-electron chi connectivity index (χ3n) is 4.18. The molecule has 0 aliphatic heterocycles. The monoisotopic (exact) mass is 406 g/mol. The van der Waals surface area contributed by atoms with Crippen LogP contribution in [0.4, 0.5) is 15.2 Å². The van der Waals surface area contributed by atoms with Crippen LogP contribution in [0.3, 0.4) is 0 Å². The van der Waals surface area contributed by atoms with Gasteiger partial charge < -0.3 is 5.32 Å². The molecule has 0 saturated carbocycles. The molecule has 2 amide bonds. The van der Waals surface area contributed by atoms with Gasteiger partial charge in [0.05, 0.1) is 11.2 Å². The minimum atomic E-state index is -0.514. The Bertz CT molecular complexity index is 1230. The van der Waals surface area contributed by atoms with E-state index in [2.05, 4.69) is 20.6 Å². The molecule has 2 heterocycles. The number of hydrogen-bond acceptors (Lipinski definition) is 5. The van der Waals surface area contributed by atoms with Crippen molar-refractivity contribution in [3.8, 4) is 11.3 Å². The second-order valence-corrected chi connectivity index (χ2v) is 7.10. The van der Waals surface area contributed by atoms with Gasteiger partial charge in [-0.05, 0) is 36.4 Å². The summed E-state index contributed by atoms with van der Waals surface area (Å²) in [7, 11) is 0. The number of fused-ring (bicyclic) bond motifs is 1. The van der Waals surface area contributed by atoms with Crippen molar-refractivity contribution < 1.29 is 14.0 Å². The van der Waals surface area contributed by atoms with Crippen LogP contribution in [0.5, 0.6) is 0 Å². The number of nitrogens with zero attached hydrogens (tertiary/aromatic N) is 2. The van der Waals surface area contributed by atoms with Crippen LogP contribution in [0.1, 0.15) is 17.3 Å². The van der Waals surface area contributed by atoms with Crippen LogP contribution in [-0.2, 0) is 4.79 Å². The minimum absolute atomic E-state index is 0.278. The minimum Gasteiger partial charge on any atom is -0.326 e. The molecule has 2 N–H and O–H groups in total. The third-order valence-corrected chi connectivity index (χ3v) is 4.94. The lowest BCUT2D eigenvalue weighted by molar-refractivity contribution is -0.114. The first-order valence-corrected chi connectivity index (χ1v) is 9.57. The van der Waals surface area contributed by atoms with Crippen LogP contribution in [-0.4, -0.2) is 21.8 Å². The van der Waals surface area contributed by atoms with Crippen LogP contribution >= 0.6 is 11.3 Å². The van der Waals surface area contributed by atoms with Crippen molar-refractivity contribution in [2.75, 3.05) is 10.6 Å². The lowest BCUT2D eigenvalue weighted by atomic mass is 10.1. The maximum Gasteiger partial charge on any atom is 0.258 e. The smallest absolute Gasteiger partial charge is 0.258 e.